The van der Waals surface area contributed by atoms with Crippen molar-refractivity contribution < 1.29 is 60.8 Å². The number of amides is 1. The van der Waals surface area contributed by atoms with Crippen LogP contribution in [0.4, 0.5) is 26.3 Å². The van der Waals surface area contributed by atoms with Crippen LogP contribution in [0.1, 0.15) is 43.5 Å². The Labute approximate surface area is 364 Å². The molecule has 0 aliphatic heterocycles. The maximum atomic E-state index is 13.4. The number of alkyl halides is 6. The van der Waals surface area contributed by atoms with E-state index in [0.717, 1.165) is 42.3 Å². The van der Waals surface area contributed by atoms with Crippen LogP contribution in [0.5, 0.6) is 0 Å². The van der Waals surface area contributed by atoms with E-state index < -0.39 is 36.3 Å². The molecule has 0 saturated heterocycles. The van der Waals surface area contributed by atoms with E-state index in [9.17, 15) is 41.0 Å². The number of nitrogens with one attached hydrogen (secondary N) is 2. The van der Waals surface area contributed by atoms with Crippen molar-refractivity contribution in [1.29, 1.82) is 0 Å². The number of aliphatic carboxylic acids is 3. The predicted molar refractivity (Wildman–Crippen MR) is 229 cm³/mol. The highest BCUT2D eigenvalue weighted by Gasteiger charge is 2.39. The lowest BCUT2D eigenvalue weighted by Crippen LogP contribution is -2.50. The molecule has 0 spiro atoms. The summed E-state index contributed by atoms with van der Waals surface area (Å²) in [5, 5.41) is 35.4. The number of carboxylic acid groups (broad SMARTS) is 3. The van der Waals surface area contributed by atoms with Crippen molar-refractivity contribution >= 4 is 57.1 Å². The van der Waals surface area contributed by atoms with Crippen molar-refractivity contribution in [2.24, 2.45) is 5.92 Å². The zero-order chi connectivity index (χ0) is 46.7. The van der Waals surface area contributed by atoms with Crippen LogP contribution in [-0.2, 0) is 38.7 Å². The smallest absolute Gasteiger partial charge is 0.480 e. The second-order valence-corrected chi connectivity index (χ2v) is 15.5. The van der Waals surface area contributed by atoms with Gasteiger partial charge in [0.15, 0.2) is 0 Å². The summed E-state index contributed by atoms with van der Waals surface area (Å²) < 4.78 is 65.7. The number of imidazole rings is 1. The second kappa shape index (κ2) is 24.8. The van der Waals surface area contributed by atoms with Crippen LogP contribution in [0.15, 0.2) is 97.5 Å². The maximum absolute atomic E-state index is 13.4. The Bertz CT molecular complexity index is 2230. The fourth-order valence-electron chi connectivity index (χ4n) is 6.42. The van der Waals surface area contributed by atoms with Gasteiger partial charge in [-0.3, -0.25) is 9.69 Å². The highest BCUT2D eigenvalue weighted by molar-refractivity contribution is 7.98. The van der Waals surface area contributed by atoms with Crippen molar-refractivity contribution in [2.75, 3.05) is 31.6 Å². The highest BCUT2D eigenvalue weighted by Crippen LogP contribution is 2.22. The van der Waals surface area contributed by atoms with Gasteiger partial charge < -0.3 is 30.5 Å². The topological polar surface area (TPSA) is 174 Å². The monoisotopic (exact) mass is 907 g/mol. The molecule has 0 radical (unpaired) electrons. The summed E-state index contributed by atoms with van der Waals surface area (Å²) in [5.41, 5.74) is 3.55. The number of hydrogen-bond acceptors (Lipinski definition) is 8. The van der Waals surface area contributed by atoms with Crippen LogP contribution in [0.2, 0.25) is 0 Å². The molecule has 4 aromatic carbocycles. The van der Waals surface area contributed by atoms with E-state index in [-0.39, 0.29) is 18.5 Å². The number of carbonyl (C=O) groups excluding carboxylic acids is 1. The summed E-state index contributed by atoms with van der Waals surface area (Å²) in [4.78, 5) is 49.7. The molecule has 5 N–H and O–H groups in total. The first-order chi connectivity index (χ1) is 29.7. The Kier molecular flexibility index (Phi) is 20.4. The van der Waals surface area contributed by atoms with E-state index >= 15 is 0 Å². The fraction of sp³-hybridized carbons (Fsp3) is 0.386. The number of carbonyl (C=O) groups is 4. The minimum Gasteiger partial charge on any atom is -0.480 e. The van der Waals surface area contributed by atoms with E-state index in [0.29, 0.717) is 31.2 Å². The third-order valence-corrected chi connectivity index (χ3v) is 10.6. The number of carboxylic acids is 3. The molecule has 0 aliphatic carbocycles. The minimum absolute atomic E-state index is 0.111. The largest absolute Gasteiger partial charge is 0.490 e. The van der Waals surface area contributed by atoms with Gasteiger partial charge in [-0.25, -0.2) is 19.4 Å². The van der Waals surface area contributed by atoms with Gasteiger partial charge in [-0.15, -0.1) is 0 Å². The van der Waals surface area contributed by atoms with E-state index in [1.54, 1.807) is 11.8 Å². The number of benzene rings is 4. The van der Waals surface area contributed by atoms with Gasteiger partial charge in [0.2, 0.25) is 5.91 Å². The normalized spacial score (nSPS) is 13.0. The third-order valence-electron chi connectivity index (χ3n) is 9.91. The summed E-state index contributed by atoms with van der Waals surface area (Å²) in [6.07, 6.45) is -2.17. The van der Waals surface area contributed by atoms with Crippen molar-refractivity contribution in [3.8, 4) is 0 Å². The Morgan fingerprint density at radius 3 is 2.05 bits per heavy atom. The zero-order valence-corrected chi connectivity index (χ0v) is 35.6. The van der Waals surface area contributed by atoms with Gasteiger partial charge in [-0.05, 0) is 63.1 Å². The zero-order valence-electron chi connectivity index (χ0n) is 34.8. The number of halogens is 6. The van der Waals surface area contributed by atoms with Crippen molar-refractivity contribution in [3.05, 3.63) is 114 Å². The molecule has 5 aromatic rings. The van der Waals surface area contributed by atoms with Crippen LogP contribution in [0.25, 0.3) is 21.5 Å². The van der Waals surface area contributed by atoms with E-state index in [1.807, 2.05) is 30.9 Å². The molecule has 63 heavy (non-hydrogen) atoms. The summed E-state index contributed by atoms with van der Waals surface area (Å²) in [7, 11) is 0. The van der Waals surface area contributed by atoms with Gasteiger partial charge in [-0.2, -0.15) is 38.1 Å². The molecular weight excluding hydrogens is 857 g/mol. The van der Waals surface area contributed by atoms with Crippen molar-refractivity contribution in [3.63, 3.8) is 0 Å². The van der Waals surface area contributed by atoms with Crippen molar-refractivity contribution in [1.82, 2.24) is 25.1 Å². The fourth-order valence-corrected chi connectivity index (χ4v) is 6.89. The van der Waals surface area contributed by atoms with E-state index in [1.165, 1.54) is 22.0 Å². The first-order valence-electron chi connectivity index (χ1n) is 19.7. The van der Waals surface area contributed by atoms with Gasteiger partial charge in [0, 0.05) is 50.5 Å². The molecule has 342 valence electrons. The molecule has 0 unspecified atom stereocenters. The van der Waals surface area contributed by atoms with Gasteiger partial charge >= 0.3 is 30.3 Å². The van der Waals surface area contributed by atoms with E-state index in [2.05, 4.69) is 112 Å². The standard InChI is InChI=1S/C40H49N5O3S.2C2HF3O2/c1-4-29(2)38(42-20-18-35-23-41-28-45(35)24-30-16-17-31-10-5-6-12-33(31)22-30)26-44(27-39(46)43-37(40(47)48)19-21-49-3)25-34-14-9-13-32-11-7-8-15-36(32)34;2*3-2(4,5)1(6)7/h5-17,22-23,28-29,37-38,42H,4,18-21,24-27H2,1-3H3,(H,43,46)(H,47,48);2*(H,6,7)/t29-,37-,38+;;/m0../s1. The Balaban J connectivity index is 0.000000650. The Hall–Kier alpha value is -5.66. The third kappa shape index (κ3) is 17.6. The summed E-state index contributed by atoms with van der Waals surface area (Å²) >= 11 is 1.57. The van der Waals surface area contributed by atoms with E-state index in [4.69, 9.17) is 19.8 Å². The molecule has 19 heteroatoms. The number of nitrogens with zero attached hydrogens (tertiary/aromatic N) is 3. The van der Waals surface area contributed by atoms with Crippen LogP contribution >= 0.6 is 11.8 Å². The molecule has 3 atom stereocenters. The Morgan fingerprint density at radius 1 is 0.841 bits per heavy atom. The number of hydrogen-bond donors (Lipinski definition) is 5. The number of thioether (sulfide) groups is 1. The van der Waals surface area contributed by atoms with Crippen LogP contribution in [0.3, 0.4) is 0 Å². The summed E-state index contributed by atoms with van der Waals surface area (Å²) in [5.74, 6) is -5.76. The molecular formula is C44H51F6N5O7S. The molecule has 1 aromatic heterocycles. The quantitative estimate of drug-likeness (QED) is 0.0511. The predicted octanol–water partition coefficient (Wildman–Crippen LogP) is 7.88. The summed E-state index contributed by atoms with van der Waals surface area (Å²) in [6.45, 7) is 7.30. The minimum atomic E-state index is -5.08. The lowest BCUT2D eigenvalue weighted by molar-refractivity contribution is -0.193. The lowest BCUT2D eigenvalue weighted by atomic mass is 9.97. The first-order valence-corrected chi connectivity index (χ1v) is 21.1. The molecule has 1 amide bonds. The average molecular weight is 908 g/mol. The molecule has 1 heterocycles. The number of fused-ring (bicyclic) bond motifs is 2. The number of rotatable bonds is 19. The maximum Gasteiger partial charge on any atom is 0.490 e. The van der Waals surface area contributed by atoms with Crippen LogP contribution in [0, 0.1) is 5.92 Å². The van der Waals surface area contributed by atoms with Gasteiger partial charge in [0.05, 0.1) is 12.9 Å². The molecule has 0 aliphatic rings. The number of aromatic nitrogens is 2. The summed E-state index contributed by atoms with van der Waals surface area (Å²) in [6, 6.07) is 28.8. The molecule has 0 saturated carbocycles. The van der Waals surface area contributed by atoms with Crippen LogP contribution in [-0.4, -0.2) is 110 Å². The second-order valence-electron chi connectivity index (χ2n) is 14.5. The van der Waals surface area contributed by atoms with Gasteiger partial charge in [0.25, 0.3) is 0 Å². The van der Waals surface area contributed by atoms with Gasteiger partial charge in [-0.1, -0.05) is 99.1 Å². The van der Waals surface area contributed by atoms with Gasteiger partial charge in [0.1, 0.15) is 6.04 Å². The average Bonchev–Trinajstić information content (AvgIpc) is 3.67. The molecule has 0 fully saturated rings. The van der Waals surface area contributed by atoms with Crippen LogP contribution < -0.4 is 10.6 Å². The Morgan fingerprint density at radius 2 is 1.44 bits per heavy atom. The SMILES string of the molecule is CC[C@H](C)[C@@H](CN(CC(=O)N[C@@H](CCSC)C(=O)O)Cc1cccc2ccccc12)NCCc1cncn1Cc1ccc2ccccc2c1.O=C(O)C(F)(F)F.O=C(O)C(F)(F)F. The highest BCUT2D eigenvalue weighted by atomic mass is 32.2. The lowest BCUT2D eigenvalue weighted by Gasteiger charge is -2.32. The molecule has 12 nitrogen and oxygen atoms in total. The van der Waals surface area contributed by atoms with Crippen molar-refractivity contribution in [2.45, 2.75) is 70.6 Å². The first kappa shape index (κ1) is 51.7. The molecule has 0 bridgehead atoms. The molecule has 5 rings (SSSR count).